The molecule has 0 saturated carbocycles. The fraction of sp³-hybridized carbons (Fsp3) is 0.455. The monoisotopic (exact) mass is 320 g/mol. The van der Waals surface area contributed by atoms with Crippen LogP contribution in [0, 0.1) is 10.8 Å². The first-order valence-corrected chi connectivity index (χ1v) is 8.78. The second kappa shape index (κ2) is 5.84. The molecule has 126 valence electrons. The molecule has 2 heterocycles. The van der Waals surface area contributed by atoms with Gasteiger partial charge in [-0.2, -0.15) is 0 Å². The summed E-state index contributed by atoms with van der Waals surface area (Å²) in [5.74, 6) is 0. The second-order valence-corrected chi connectivity index (χ2v) is 9.33. The van der Waals surface area contributed by atoms with E-state index in [1.807, 2.05) is 18.5 Å². The van der Waals surface area contributed by atoms with Crippen LogP contribution in [0.25, 0.3) is 21.8 Å². The molecule has 0 unspecified atom stereocenters. The predicted molar refractivity (Wildman–Crippen MR) is 103 cm³/mol. The van der Waals surface area contributed by atoms with Crippen molar-refractivity contribution >= 4 is 21.8 Å². The maximum atomic E-state index is 4.82. The van der Waals surface area contributed by atoms with E-state index in [0.29, 0.717) is 0 Å². The summed E-state index contributed by atoms with van der Waals surface area (Å²) < 4.78 is 0. The van der Waals surface area contributed by atoms with Crippen LogP contribution >= 0.6 is 0 Å². The third kappa shape index (κ3) is 3.75. The van der Waals surface area contributed by atoms with Gasteiger partial charge in [-0.05, 0) is 53.0 Å². The maximum Gasteiger partial charge on any atom is 0.0967 e. The van der Waals surface area contributed by atoms with Crippen molar-refractivity contribution in [2.45, 2.75) is 54.4 Å². The Bertz CT molecular complexity index is 880. The molecule has 0 aliphatic carbocycles. The summed E-state index contributed by atoms with van der Waals surface area (Å²) in [4.78, 5) is 9.41. The molecule has 0 atom stereocenters. The maximum absolute atomic E-state index is 4.82. The minimum atomic E-state index is 0.239. The van der Waals surface area contributed by atoms with E-state index in [4.69, 9.17) is 4.98 Å². The average molecular weight is 320 g/mol. The number of pyridine rings is 2. The van der Waals surface area contributed by atoms with Crippen LogP contribution in [0.2, 0.25) is 0 Å². The van der Waals surface area contributed by atoms with Crippen molar-refractivity contribution < 1.29 is 0 Å². The van der Waals surface area contributed by atoms with Crippen LogP contribution in [0.5, 0.6) is 0 Å². The van der Waals surface area contributed by atoms with Crippen LogP contribution in [0.15, 0.2) is 36.7 Å². The molecule has 0 amide bonds. The fourth-order valence-electron chi connectivity index (χ4n) is 3.37. The molecule has 3 rings (SSSR count). The van der Waals surface area contributed by atoms with Gasteiger partial charge in [-0.15, -0.1) is 0 Å². The Labute approximate surface area is 145 Å². The molecule has 0 fully saturated rings. The summed E-state index contributed by atoms with van der Waals surface area (Å²) in [6.07, 6.45) is 5.96. The molecule has 0 aliphatic rings. The largest absolute Gasteiger partial charge is 0.254 e. The Hall–Kier alpha value is -1.96. The molecule has 2 heteroatoms. The molecule has 0 radical (unpaired) electrons. The smallest absolute Gasteiger partial charge is 0.0967 e. The third-order valence-corrected chi connectivity index (χ3v) is 4.14. The summed E-state index contributed by atoms with van der Waals surface area (Å²) in [5.41, 5.74) is 5.22. The first kappa shape index (κ1) is 16.9. The molecule has 2 nitrogen and oxygen atoms in total. The van der Waals surface area contributed by atoms with E-state index in [2.05, 4.69) is 64.7 Å². The van der Waals surface area contributed by atoms with Gasteiger partial charge in [-0.1, -0.05) is 47.6 Å². The Morgan fingerprint density at radius 2 is 1.54 bits per heavy atom. The van der Waals surface area contributed by atoms with Gasteiger partial charge in [-0.3, -0.25) is 9.97 Å². The van der Waals surface area contributed by atoms with Crippen LogP contribution in [0.1, 0.15) is 52.7 Å². The molecule has 2 aromatic heterocycles. The van der Waals surface area contributed by atoms with Crippen LogP contribution in [0.3, 0.4) is 0 Å². The molecule has 3 aromatic rings. The normalized spacial score (nSPS) is 12.9. The molecule has 0 aliphatic heterocycles. The van der Waals surface area contributed by atoms with Crippen LogP contribution < -0.4 is 0 Å². The highest BCUT2D eigenvalue weighted by molar-refractivity contribution is 6.04. The van der Waals surface area contributed by atoms with Gasteiger partial charge in [0.15, 0.2) is 0 Å². The van der Waals surface area contributed by atoms with E-state index in [1.54, 1.807) is 0 Å². The van der Waals surface area contributed by atoms with Crippen molar-refractivity contribution in [3.8, 4) is 0 Å². The fourth-order valence-corrected chi connectivity index (χ4v) is 3.37. The lowest BCUT2D eigenvalue weighted by molar-refractivity contribution is 0.410. The molecule has 24 heavy (non-hydrogen) atoms. The van der Waals surface area contributed by atoms with Crippen molar-refractivity contribution in [1.29, 1.82) is 0 Å². The zero-order chi connectivity index (χ0) is 17.5. The summed E-state index contributed by atoms with van der Waals surface area (Å²) in [7, 11) is 0. The van der Waals surface area contributed by atoms with E-state index in [9.17, 15) is 0 Å². The zero-order valence-corrected chi connectivity index (χ0v) is 15.8. The van der Waals surface area contributed by atoms with E-state index in [-0.39, 0.29) is 10.8 Å². The molecule has 0 N–H and O–H groups in total. The molecule has 1 aromatic carbocycles. The van der Waals surface area contributed by atoms with Crippen molar-refractivity contribution in [3.05, 3.63) is 47.8 Å². The number of rotatable bonds is 2. The minimum absolute atomic E-state index is 0.239. The number of benzene rings is 1. The van der Waals surface area contributed by atoms with Crippen molar-refractivity contribution in [1.82, 2.24) is 9.97 Å². The number of hydrogen-bond acceptors (Lipinski definition) is 2. The summed E-state index contributed by atoms with van der Waals surface area (Å²) in [5, 5.41) is 2.44. The number of aromatic nitrogens is 2. The molecule has 0 spiro atoms. The van der Waals surface area contributed by atoms with Gasteiger partial charge in [0.2, 0.25) is 0 Å². The van der Waals surface area contributed by atoms with Gasteiger partial charge in [-0.25, -0.2) is 0 Å². The van der Waals surface area contributed by atoms with Crippen LogP contribution in [0.4, 0.5) is 0 Å². The molecular weight excluding hydrogens is 292 g/mol. The first-order chi connectivity index (χ1) is 11.1. The molecular formula is C22H28N2. The number of nitrogens with zero attached hydrogens (tertiary/aromatic N) is 2. The van der Waals surface area contributed by atoms with Crippen LogP contribution in [-0.2, 0) is 12.8 Å². The lowest BCUT2D eigenvalue weighted by Crippen LogP contribution is -2.11. The summed E-state index contributed by atoms with van der Waals surface area (Å²) in [6, 6.07) is 8.78. The average Bonchev–Trinajstić information content (AvgIpc) is 2.44. The van der Waals surface area contributed by atoms with Gasteiger partial charge in [0, 0.05) is 23.2 Å². The second-order valence-electron chi connectivity index (χ2n) is 9.33. The highest BCUT2D eigenvalue weighted by Gasteiger charge is 2.18. The lowest BCUT2D eigenvalue weighted by atomic mass is 9.84. The van der Waals surface area contributed by atoms with Gasteiger partial charge in [0.25, 0.3) is 0 Å². The Morgan fingerprint density at radius 3 is 2.21 bits per heavy atom. The number of hydrogen-bond donors (Lipinski definition) is 0. The van der Waals surface area contributed by atoms with Gasteiger partial charge in [0.1, 0.15) is 0 Å². The standard InChI is InChI=1S/C22H28N2/c1-21(2,3)12-15-10-18-17(13-22(4,5)6)11-16-8-7-9-23-19(16)20(18)24-14-15/h7-11,14H,12-13H2,1-6H3. The van der Waals surface area contributed by atoms with Gasteiger partial charge in [0.05, 0.1) is 11.0 Å². The molecule has 0 bridgehead atoms. The van der Waals surface area contributed by atoms with Crippen molar-refractivity contribution in [2.24, 2.45) is 10.8 Å². The van der Waals surface area contributed by atoms with E-state index in [0.717, 1.165) is 23.9 Å². The number of fused-ring (bicyclic) bond motifs is 3. The Morgan fingerprint density at radius 1 is 0.833 bits per heavy atom. The topological polar surface area (TPSA) is 25.8 Å². The Balaban J connectivity index is 2.25. The van der Waals surface area contributed by atoms with E-state index in [1.165, 1.54) is 21.9 Å². The highest BCUT2D eigenvalue weighted by atomic mass is 14.7. The third-order valence-electron chi connectivity index (χ3n) is 4.14. The van der Waals surface area contributed by atoms with Crippen LogP contribution in [-0.4, -0.2) is 9.97 Å². The van der Waals surface area contributed by atoms with Crippen molar-refractivity contribution in [2.75, 3.05) is 0 Å². The van der Waals surface area contributed by atoms with Gasteiger partial charge >= 0.3 is 0 Å². The molecule has 0 saturated heterocycles. The first-order valence-electron chi connectivity index (χ1n) is 8.78. The Kier molecular flexibility index (Phi) is 4.11. The highest BCUT2D eigenvalue weighted by Crippen LogP contribution is 2.32. The van der Waals surface area contributed by atoms with E-state index >= 15 is 0 Å². The lowest BCUT2D eigenvalue weighted by Gasteiger charge is -2.21. The minimum Gasteiger partial charge on any atom is -0.254 e. The zero-order valence-electron chi connectivity index (χ0n) is 15.8. The summed E-state index contributed by atoms with van der Waals surface area (Å²) >= 11 is 0. The van der Waals surface area contributed by atoms with Gasteiger partial charge < -0.3 is 0 Å². The van der Waals surface area contributed by atoms with E-state index < -0.39 is 0 Å². The van der Waals surface area contributed by atoms with Crippen molar-refractivity contribution in [3.63, 3.8) is 0 Å². The predicted octanol–water partition coefficient (Wildman–Crippen LogP) is 5.96. The quantitative estimate of drug-likeness (QED) is 0.544. The SMILES string of the molecule is CC(C)(C)Cc1cnc2c(c1)c(CC(C)(C)C)cc1cccnc12. The summed E-state index contributed by atoms with van der Waals surface area (Å²) in [6.45, 7) is 13.7.